The van der Waals surface area contributed by atoms with Crippen molar-refractivity contribution < 1.29 is 9.53 Å². The number of nitrogens with zero attached hydrogens (tertiary/aromatic N) is 2. The molecule has 0 aliphatic rings. The molecule has 0 fully saturated rings. The van der Waals surface area contributed by atoms with Crippen LogP contribution in [0.3, 0.4) is 0 Å². The molecular formula is C21H21N3O3. The molecule has 138 valence electrons. The van der Waals surface area contributed by atoms with E-state index in [1.165, 1.54) is 4.57 Å². The van der Waals surface area contributed by atoms with E-state index in [4.69, 9.17) is 4.74 Å². The van der Waals surface area contributed by atoms with Gasteiger partial charge in [0.15, 0.2) is 0 Å². The molecule has 3 aromatic rings. The molecule has 3 rings (SSSR count). The number of benzene rings is 1. The first-order valence-corrected chi connectivity index (χ1v) is 8.65. The summed E-state index contributed by atoms with van der Waals surface area (Å²) in [5.41, 5.74) is 1.85. The highest BCUT2D eigenvalue weighted by Crippen LogP contribution is 2.21. The van der Waals surface area contributed by atoms with E-state index >= 15 is 0 Å². The van der Waals surface area contributed by atoms with Crippen molar-refractivity contribution in [2.24, 2.45) is 0 Å². The lowest BCUT2D eigenvalue weighted by atomic mass is 10.1. The topological polar surface area (TPSA) is 73.2 Å². The van der Waals surface area contributed by atoms with Crippen LogP contribution in [0.15, 0.2) is 65.7 Å². The monoisotopic (exact) mass is 363 g/mol. The molecule has 6 nitrogen and oxygen atoms in total. The average Bonchev–Trinajstić information content (AvgIpc) is 2.69. The number of carbonyl (C=O) groups is 1. The van der Waals surface area contributed by atoms with Gasteiger partial charge in [0.05, 0.1) is 12.8 Å². The Bertz CT molecular complexity index is 997. The largest absolute Gasteiger partial charge is 0.495 e. The van der Waals surface area contributed by atoms with Crippen LogP contribution in [0.5, 0.6) is 5.75 Å². The molecule has 0 bridgehead atoms. The highest BCUT2D eigenvalue weighted by atomic mass is 16.5. The highest BCUT2D eigenvalue weighted by molar-refractivity contribution is 5.95. The Balaban J connectivity index is 1.85. The van der Waals surface area contributed by atoms with Gasteiger partial charge in [0.1, 0.15) is 11.3 Å². The van der Waals surface area contributed by atoms with Gasteiger partial charge in [0.25, 0.3) is 11.5 Å². The predicted molar refractivity (Wildman–Crippen MR) is 104 cm³/mol. The summed E-state index contributed by atoms with van der Waals surface area (Å²) in [7, 11) is 1.54. The van der Waals surface area contributed by atoms with Crippen molar-refractivity contribution in [1.82, 2.24) is 14.9 Å². The lowest BCUT2D eigenvalue weighted by Crippen LogP contribution is -2.34. The van der Waals surface area contributed by atoms with Crippen LogP contribution < -0.4 is 15.6 Å². The third kappa shape index (κ3) is 4.06. The Morgan fingerprint density at radius 3 is 2.67 bits per heavy atom. The molecule has 2 aromatic heterocycles. The molecule has 1 N–H and O–H groups in total. The van der Waals surface area contributed by atoms with E-state index in [2.05, 4.69) is 10.3 Å². The Kier molecular flexibility index (Phi) is 5.66. The van der Waals surface area contributed by atoms with Crippen LogP contribution in [0.1, 0.15) is 21.6 Å². The molecule has 0 spiro atoms. The second kappa shape index (κ2) is 8.31. The number of amides is 1. The van der Waals surface area contributed by atoms with Crippen molar-refractivity contribution in [3.8, 4) is 11.4 Å². The Hall–Kier alpha value is -3.41. The molecule has 6 heteroatoms. The molecule has 1 amide bonds. The maximum Gasteiger partial charge on any atom is 0.268 e. The number of aromatic nitrogens is 2. The summed E-state index contributed by atoms with van der Waals surface area (Å²) in [6.45, 7) is 2.15. The predicted octanol–water partition coefficient (Wildman–Crippen LogP) is 2.52. The molecule has 2 heterocycles. The lowest BCUT2D eigenvalue weighted by molar-refractivity contribution is 0.0951. The van der Waals surface area contributed by atoms with Crippen molar-refractivity contribution in [2.45, 2.75) is 13.3 Å². The SMILES string of the molecule is COc1ccccc1-n1ccc(C)c(C(=O)NCCc2ccccn2)c1=O. The fourth-order valence-corrected chi connectivity index (χ4v) is 2.86. The standard InChI is InChI=1S/C21H21N3O3/c1-15-11-14-24(17-8-3-4-9-18(17)27-2)21(26)19(15)20(25)23-13-10-16-7-5-6-12-22-16/h3-9,11-12,14H,10,13H2,1-2H3,(H,23,25). The number of methoxy groups -OCH3 is 1. The van der Waals surface area contributed by atoms with Crippen molar-refractivity contribution in [3.63, 3.8) is 0 Å². The fourth-order valence-electron chi connectivity index (χ4n) is 2.86. The molecule has 0 unspecified atom stereocenters. The van der Waals surface area contributed by atoms with E-state index < -0.39 is 5.91 Å². The third-order valence-electron chi connectivity index (χ3n) is 4.27. The third-order valence-corrected chi connectivity index (χ3v) is 4.27. The molecule has 0 radical (unpaired) electrons. The highest BCUT2D eigenvalue weighted by Gasteiger charge is 2.17. The molecule has 0 aliphatic carbocycles. The van der Waals surface area contributed by atoms with Gasteiger partial charge >= 0.3 is 0 Å². The minimum Gasteiger partial charge on any atom is -0.495 e. The van der Waals surface area contributed by atoms with Gasteiger partial charge in [-0.05, 0) is 42.8 Å². The van der Waals surface area contributed by atoms with E-state index in [0.29, 0.717) is 30.0 Å². The van der Waals surface area contributed by atoms with Crippen LogP contribution in [0.4, 0.5) is 0 Å². The maximum atomic E-state index is 13.0. The number of nitrogens with one attached hydrogen (secondary N) is 1. The van der Waals surface area contributed by atoms with Gasteiger partial charge in [-0.15, -0.1) is 0 Å². The number of hydrogen-bond donors (Lipinski definition) is 1. The van der Waals surface area contributed by atoms with Gasteiger partial charge < -0.3 is 10.1 Å². The second-order valence-corrected chi connectivity index (χ2v) is 6.05. The summed E-state index contributed by atoms with van der Waals surface area (Å²) in [5.74, 6) is 0.169. The fraction of sp³-hybridized carbons (Fsp3) is 0.190. The first kappa shape index (κ1) is 18.4. The average molecular weight is 363 g/mol. The van der Waals surface area contributed by atoms with E-state index in [-0.39, 0.29) is 11.1 Å². The summed E-state index contributed by atoms with van der Waals surface area (Å²) < 4.78 is 6.76. The van der Waals surface area contributed by atoms with Gasteiger partial charge in [-0.3, -0.25) is 19.1 Å². The van der Waals surface area contributed by atoms with Crippen LogP contribution >= 0.6 is 0 Å². The summed E-state index contributed by atoms with van der Waals surface area (Å²) in [5, 5.41) is 2.81. The second-order valence-electron chi connectivity index (χ2n) is 6.05. The quantitative estimate of drug-likeness (QED) is 0.730. The zero-order valence-corrected chi connectivity index (χ0v) is 15.3. The lowest BCUT2D eigenvalue weighted by Gasteiger charge is -2.13. The first-order valence-electron chi connectivity index (χ1n) is 8.65. The summed E-state index contributed by atoms with van der Waals surface area (Å²) in [4.78, 5) is 29.8. The van der Waals surface area contributed by atoms with Gasteiger partial charge in [0, 0.05) is 31.1 Å². The molecule has 0 aliphatic heterocycles. The maximum absolute atomic E-state index is 13.0. The molecule has 0 saturated carbocycles. The molecule has 1 aromatic carbocycles. The van der Waals surface area contributed by atoms with Crippen LogP contribution in [-0.4, -0.2) is 29.1 Å². The number of para-hydroxylation sites is 2. The van der Waals surface area contributed by atoms with Crippen LogP contribution in [0, 0.1) is 6.92 Å². The number of pyridine rings is 2. The Labute approximate surface area is 157 Å². The minimum absolute atomic E-state index is 0.129. The van der Waals surface area contributed by atoms with E-state index in [0.717, 1.165) is 5.69 Å². The molecule has 0 saturated heterocycles. The van der Waals surface area contributed by atoms with Gasteiger partial charge in [-0.1, -0.05) is 18.2 Å². The minimum atomic E-state index is -0.391. The van der Waals surface area contributed by atoms with E-state index in [1.54, 1.807) is 44.6 Å². The summed E-state index contributed by atoms with van der Waals surface area (Å²) in [6, 6.07) is 14.6. The number of ether oxygens (including phenoxy) is 1. The van der Waals surface area contributed by atoms with Crippen molar-refractivity contribution in [3.05, 3.63) is 88.1 Å². The van der Waals surface area contributed by atoms with Crippen molar-refractivity contribution in [2.75, 3.05) is 13.7 Å². The molecule has 27 heavy (non-hydrogen) atoms. The Morgan fingerprint density at radius 1 is 1.15 bits per heavy atom. The number of rotatable bonds is 6. The number of hydrogen-bond acceptors (Lipinski definition) is 4. The number of aryl methyl sites for hydroxylation is 1. The van der Waals surface area contributed by atoms with Crippen LogP contribution in [0.25, 0.3) is 5.69 Å². The summed E-state index contributed by atoms with van der Waals surface area (Å²) in [6.07, 6.45) is 3.96. The Morgan fingerprint density at radius 2 is 1.93 bits per heavy atom. The normalized spacial score (nSPS) is 10.4. The van der Waals surface area contributed by atoms with Crippen molar-refractivity contribution in [1.29, 1.82) is 0 Å². The van der Waals surface area contributed by atoms with E-state index in [1.807, 2.05) is 30.3 Å². The summed E-state index contributed by atoms with van der Waals surface area (Å²) >= 11 is 0. The zero-order valence-electron chi connectivity index (χ0n) is 15.3. The van der Waals surface area contributed by atoms with Gasteiger partial charge in [0.2, 0.25) is 0 Å². The zero-order chi connectivity index (χ0) is 19.2. The van der Waals surface area contributed by atoms with Gasteiger partial charge in [-0.25, -0.2) is 0 Å². The molecular weight excluding hydrogens is 342 g/mol. The first-order chi connectivity index (χ1) is 13.1. The van der Waals surface area contributed by atoms with Crippen LogP contribution in [0.2, 0.25) is 0 Å². The molecule has 0 atom stereocenters. The number of carbonyl (C=O) groups excluding carboxylic acids is 1. The van der Waals surface area contributed by atoms with E-state index in [9.17, 15) is 9.59 Å². The van der Waals surface area contributed by atoms with Crippen LogP contribution in [-0.2, 0) is 6.42 Å². The van der Waals surface area contributed by atoms with Gasteiger partial charge in [-0.2, -0.15) is 0 Å². The smallest absolute Gasteiger partial charge is 0.268 e. The van der Waals surface area contributed by atoms with Crippen molar-refractivity contribution >= 4 is 5.91 Å².